The maximum absolute atomic E-state index is 13.6. The number of aliphatic hydroxyl groups excluding tert-OH is 1. The van der Waals surface area contributed by atoms with Crippen LogP contribution < -0.4 is 19.1 Å². The van der Waals surface area contributed by atoms with Gasteiger partial charge in [-0.1, -0.05) is 30.4 Å². The highest BCUT2D eigenvalue weighted by molar-refractivity contribution is 7.17. The van der Waals surface area contributed by atoms with Crippen LogP contribution in [0.15, 0.2) is 48.0 Å². The molecule has 1 N–H and O–H groups in total. The number of Topliss-reactive ketones (excluding diaryl/α,β-unsaturated/α-hetero) is 1. The number of ketones is 1. The minimum absolute atomic E-state index is 0.125. The monoisotopic (exact) mass is 564 g/mol. The summed E-state index contributed by atoms with van der Waals surface area (Å²) >= 11 is 0.950. The smallest absolute Gasteiger partial charge is 0.350 e. The molecule has 1 amide bonds. The number of aliphatic hydroxyl groups is 1. The van der Waals surface area contributed by atoms with Crippen LogP contribution in [0, 0.1) is 6.92 Å². The molecule has 0 spiro atoms. The van der Waals surface area contributed by atoms with Crippen LogP contribution in [0.4, 0.5) is 5.13 Å². The first-order valence-electron chi connectivity index (χ1n) is 12.9. The first-order chi connectivity index (χ1) is 19.3. The Hall–Kier alpha value is -4.38. The van der Waals surface area contributed by atoms with E-state index in [1.807, 2.05) is 6.92 Å². The Morgan fingerprint density at radius 2 is 1.90 bits per heavy atom. The van der Waals surface area contributed by atoms with E-state index >= 15 is 0 Å². The van der Waals surface area contributed by atoms with Crippen molar-refractivity contribution in [3.8, 4) is 17.2 Å². The van der Waals surface area contributed by atoms with E-state index in [9.17, 15) is 19.5 Å². The van der Waals surface area contributed by atoms with Crippen molar-refractivity contribution < 1.29 is 38.4 Å². The van der Waals surface area contributed by atoms with Gasteiger partial charge in [-0.05, 0) is 56.2 Å². The van der Waals surface area contributed by atoms with Gasteiger partial charge in [0.1, 0.15) is 29.6 Å². The number of ether oxygens (including phenoxy) is 4. The SMILES string of the molecule is CCCOc1cccc([C@@H]2/C(=C(\O)c3ccc4c(c3)OCCO4)C(=O)C(=O)N2c2nc(C)c(C(=O)OCC)s2)c1. The van der Waals surface area contributed by atoms with Crippen molar-refractivity contribution in [2.24, 2.45) is 0 Å². The number of aromatic nitrogens is 1. The van der Waals surface area contributed by atoms with Crippen molar-refractivity contribution in [1.82, 2.24) is 4.98 Å². The molecule has 1 atom stereocenters. The van der Waals surface area contributed by atoms with Gasteiger partial charge in [0, 0.05) is 5.56 Å². The summed E-state index contributed by atoms with van der Waals surface area (Å²) in [5.41, 5.74) is 1.05. The van der Waals surface area contributed by atoms with Crippen LogP contribution in [0.1, 0.15) is 52.8 Å². The van der Waals surface area contributed by atoms with Gasteiger partial charge in [-0.2, -0.15) is 0 Å². The predicted octanol–water partition coefficient (Wildman–Crippen LogP) is 4.81. The minimum atomic E-state index is -1.04. The van der Waals surface area contributed by atoms with Crippen molar-refractivity contribution in [2.75, 3.05) is 31.3 Å². The Bertz CT molecular complexity index is 1510. The van der Waals surface area contributed by atoms with E-state index in [0.717, 1.165) is 17.8 Å². The molecule has 40 heavy (non-hydrogen) atoms. The molecule has 1 aromatic heterocycles. The highest BCUT2D eigenvalue weighted by Gasteiger charge is 2.48. The van der Waals surface area contributed by atoms with Gasteiger partial charge >= 0.3 is 11.9 Å². The van der Waals surface area contributed by atoms with E-state index in [2.05, 4.69) is 4.98 Å². The number of thiazole rings is 1. The second-order valence-corrected chi connectivity index (χ2v) is 10.1. The lowest BCUT2D eigenvalue weighted by Gasteiger charge is -2.24. The predicted molar refractivity (Wildman–Crippen MR) is 147 cm³/mol. The van der Waals surface area contributed by atoms with Crippen LogP contribution in [0.25, 0.3) is 5.76 Å². The van der Waals surface area contributed by atoms with Gasteiger partial charge in [-0.15, -0.1) is 0 Å². The Morgan fingerprint density at radius 1 is 1.12 bits per heavy atom. The summed E-state index contributed by atoms with van der Waals surface area (Å²) in [5, 5.41) is 11.6. The average molecular weight is 565 g/mol. The molecule has 3 heterocycles. The minimum Gasteiger partial charge on any atom is -0.507 e. The second-order valence-electron chi connectivity index (χ2n) is 9.08. The van der Waals surface area contributed by atoms with Crippen LogP contribution in [0.2, 0.25) is 0 Å². The molecular weight excluding hydrogens is 536 g/mol. The standard InChI is InChI=1S/C29H28N2O8S/c1-4-11-37-19-8-6-7-17(14-19)23-22(24(32)18-9-10-20-21(15-18)39-13-12-38-20)25(33)27(34)31(23)29-30-16(3)26(40-29)28(35)36-5-2/h6-10,14-15,23,32H,4-5,11-13H2,1-3H3/b24-22+/t23-/m1/s1. The molecule has 0 saturated carbocycles. The third-order valence-electron chi connectivity index (χ3n) is 6.36. The number of anilines is 1. The first kappa shape index (κ1) is 27.2. The van der Waals surface area contributed by atoms with E-state index in [0.29, 0.717) is 48.3 Å². The van der Waals surface area contributed by atoms with Crippen molar-refractivity contribution in [1.29, 1.82) is 0 Å². The van der Waals surface area contributed by atoms with Gasteiger partial charge in [0.2, 0.25) is 0 Å². The van der Waals surface area contributed by atoms with Crippen LogP contribution in [-0.4, -0.2) is 54.2 Å². The van der Waals surface area contributed by atoms with E-state index in [1.54, 1.807) is 56.3 Å². The Balaban J connectivity index is 1.66. The van der Waals surface area contributed by atoms with Crippen molar-refractivity contribution in [2.45, 2.75) is 33.2 Å². The summed E-state index contributed by atoms with van der Waals surface area (Å²) in [4.78, 5) is 45.5. The summed E-state index contributed by atoms with van der Waals surface area (Å²) < 4.78 is 22.2. The Labute approximate surface area is 234 Å². The highest BCUT2D eigenvalue weighted by Crippen LogP contribution is 2.45. The van der Waals surface area contributed by atoms with Crippen molar-refractivity contribution in [3.05, 3.63) is 69.7 Å². The third-order valence-corrected chi connectivity index (χ3v) is 7.50. The van der Waals surface area contributed by atoms with Gasteiger partial charge in [-0.25, -0.2) is 9.78 Å². The van der Waals surface area contributed by atoms with E-state index in [-0.39, 0.29) is 33.5 Å². The largest absolute Gasteiger partial charge is 0.507 e. The number of carbonyl (C=O) groups is 3. The lowest BCUT2D eigenvalue weighted by molar-refractivity contribution is -0.132. The molecule has 3 aromatic rings. The zero-order valence-corrected chi connectivity index (χ0v) is 23.1. The number of fused-ring (bicyclic) bond motifs is 1. The lowest BCUT2D eigenvalue weighted by atomic mass is 9.95. The maximum atomic E-state index is 13.6. The lowest BCUT2D eigenvalue weighted by Crippen LogP contribution is -2.29. The molecule has 1 fully saturated rings. The van der Waals surface area contributed by atoms with Crippen LogP contribution in [0.3, 0.4) is 0 Å². The number of amides is 1. The van der Waals surface area contributed by atoms with Crippen LogP contribution >= 0.6 is 11.3 Å². The Morgan fingerprint density at radius 3 is 2.65 bits per heavy atom. The molecule has 1 saturated heterocycles. The topological polar surface area (TPSA) is 124 Å². The molecule has 2 aliphatic rings. The third kappa shape index (κ3) is 5.00. The number of rotatable bonds is 8. The fraction of sp³-hybridized carbons (Fsp3) is 0.310. The number of hydrogen-bond donors (Lipinski definition) is 1. The molecular formula is C29H28N2O8S. The molecule has 0 aliphatic carbocycles. The summed E-state index contributed by atoms with van der Waals surface area (Å²) in [6.45, 7) is 6.72. The maximum Gasteiger partial charge on any atom is 0.350 e. The van der Waals surface area contributed by atoms with Gasteiger partial charge < -0.3 is 24.1 Å². The zero-order valence-electron chi connectivity index (χ0n) is 22.3. The van der Waals surface area contributed by atoms with Crippen molar-refractivity contribution >= 4 is 39.9 Å². The number of aryl methyl sites for hydroxylation is 1. The molecule has 11 heteroatoms. The number of benzene rings is 2. The molecule has 208 valence electrons. The number of nitrogens with zero attached hydrogens (tertiary/aromatic N) is 2. The molecule has 2 aromatic carbocycles. The van der Waals surface area contributed by atoms with Gasteiger partial charge in [0.05, 0.1) is 30.5 Å². The second kappa shape index (κ2) is 11.4. The molecule has 0 unspecified atom stereocenters. The molecule has 2 aliphatic heterocycles. The summed E-state index contributed by atoms with van der Waals surface area (Å²) in [6, 6.07) is 10.8. The fourth-order valence-corrected chi connectivity index (χ4v) is 5.54. The van der Waals surface area contributed by atoms with Crippen LogP contribution in [0.5, 0.6) is 17.2 Å². The zero-order chi connectivity index (χ0) is 28.4. The average Bonchev–Trinajstić information content (AvgIpc) is 3.47. The summed E-state index contributed by atoms with van der Waals surface area (Å²) in [7, 11) is 0. The number of carbonyl (C=O) groups excluding carboxylic acids is 3. The van der Waals surface area contributed by atoms with Gasteiger partial charge in [0.15, 0.2) is 16.6 Å². The quantitative estimate of drug-likeness (QED) is 0.178. The number of esters is 1. The number of hydrogen-bond acceptors (Lipinski definition) is 10. The molecule has 5 rings (SSSR count). The first-order valence-corrected chi connectivity index (χ1v) is 13.7. The normalized spacial score (nSPS) is 17.7. The molecule has 10 nitrogen and oxygen atoms in total. The van der Waals surface area contributed by atoms with E-state index < -0.39 is 23.7 Å². The fourth-order valence-electron chi connectivity index (χ4n) is 4.56. The van der Waals surface area contributed by atoms with E-state index in [1.165, 1.54) is 4.90 Å². The molecule has 0 radical (unpaired) electrons. The van der Waals surface area contributed by atoms with Gasteiger partial charge in [0.25, 0.3) is 5.78 Å². The highest BCUT2D eigenvalue weighted by atomic mass is 32.1. The summed E-state index contributed by atoms with van der Waals surface area (Å²) in [5.74, 6) is -1.22. The van der Waals surface area contributed by atoms with Crippen LogP contribution in [-0.2, 0) is 14.3 Å². The van der Waals surface area contributed by atoms with Crippen molar-refractivity contribution in [3.63, 3.8) is 0 Å². The van der Waals surface area contributed by atoms with E-state index in [4.69, 9.17) is 18.9 Å². The molecule has 0 bridgehead atoms. The summed E-state index contributed by atoms with van der Waals surface area (Å²) in [6.07, 6.45) is 0.793. The van der Waals surface area contributed by atoms with Gasteiger partial charge in [-0.3, -0.25) is 14.5 Å². The Kier molecular flexibility index (Phi) is 7.74.